The normalized spacial score (nSPS) is 14.8. The van der Waals surface area contributed by atoms with Crippen LogP contribution in [0.1, 0.15) is 33.4 Å². The molecule has 0 saturated carbocycles. The van der Waals surface area contributed by atoms with Crippen LogP contribution >= 0.6 is 0 Å². The third-order valence-corrected chi connectivity index (χ3v) is 143. The van der Waals surface area contributed by atoms with Crippen molar-refractivity contribution in [1.29, 1.82) is 0 Å². The number of benzene rings is 2. The molecule has 0 aromatic heterocycles. The molecule has 2 aromatic rings. The van der Waals surface area contributed by atoms with Gasteiger partial charge in [0, 0.05) is 60.2 Å². The molecule has 0 fully saturated rings. The summed E-state index contributed by atoms with van der Waals surface area (Å²) >= 11 is -7.77. The van der Waals surface area contributed by atoms with Gasteiger partial charge in [0.25, 0.3) is 0 Å². The molecule has 0 spiro atoms. The molecule has 0 aliphatic heterocycles. The molecule has 2 aromatic carbocycles. The van der Waals surface area contributed by atoms with E-state index in [9.17, 15) is 79.0 Å². The Morgan fingerprint density at radius 2 is 0.422 bits per heavy atom. The first-order valence-corrected chi connectivity index (χ1v) is 63.3. The van der Waals surface area contributed by atoms with Gasteiger partial charge in [0.05, 0.1) is 0 Å². The zero-order valence-electron chi connectivity index (χ0n) is 39.1. The Kier molecular flexibility index (Phi) is 21.2. The number of hydrogen-bond acceptors (Lipinski definition) is 0. The molecule has 0 saturated heterocycles. The number of rotatable bonds is 8. The second kappa shape index (κ2) is 21.1. The molecule has 2 rings (SSSR count). The summed E-state index contributed by atoms with van der Waals surface area (Å²) in [4.78, 5) is 0. The molecule has 0 nitrogen and oxygen atoms in total. The fourth-order valence-corrected chi connectivity index (χ4v) is 205. The molecular formula is C36H58F18Si8Sn2. The Labute approximate surface area is 389 Å². The third-order valence-electron chi connectivity index (χ3n) is 8.97. The van der Waals surface area contributed by atoms with Gasteiger partial charge in [-0.05, 0) is 0 Å². The Morgan fingerprint density at radius 1 is 0.281 bits per heavy atom. The van der Waals surface area contributed by atoms with E-state index in [1.807, 2.05) is 0 Å². The molecule has 0 unspecified atom stereocenters. The monoisotopic (exact) mass is 1300 g/mol. The van der Waals surface area contributed by atoms with E-state index in [-0.39, 0.29) is 14.7 Å². The van der Waals surface area contributed by atoms with Crippen LogP contribution in [0, 0.1) is 0 Å². The van der Waals surface area contributed by atoms with Crippen LogP contribution in [-0.2, 0) is 37.1 Å². The van der Waals surface area contributed by atoms with Crippen LogP contribution in [0.3, 0.4) is 0 Å². The van der Waals surface area contributed by atoms with Gasteiger partial charge in [-0.2, -0.15) is 0 Å². The summed E-state index contributed by atoms with van der Waals surface area (Å²) in [5, 5.41) is 0. The minimum absolute atomic E-state index is 0.0255. The third kappa shape index (κ3) is 19.7. The van der Waals surface area contributed by atoms with Gasteiger partial charge in [-0.25, -0.2) is 0 Å². The van der Waals surface area contributed by atoms with Crippen molar-refractivity contribution in [1.82, 2.24) is 0 Å². The van der Waals surface area contributed by atoms with E-state index in [4.69, 9.17) is 0 Å². The Balaban J connectivity index is 0.00000124. The second-order valence-electron chi connectivity index (χ2n) is 21.4. The molecule has 0 N–H and O–H groups in total. The molecule has 64 heavy (non-hydrogen) atoms. The summed E-state index contributed by atoms with van der Waals surface area (Å²) in [6.45, 7) is 47.0. The van der Waals surface area contributed by atoms with Crippen molar-refractivity contribution in [3.05, 3.63) is 57.6 Å². The van der Waals surface area contributed by atoms with Crippen LogP contribution in [0.25, 0.3) is 0 Å². The van der Waals surface area contributed by atoms with Gasteiger partial charge in [0.1, 0.15) is 0 Å². The zero-order chi connectivity index (χ0) is 52.0. The first kappa shape index (κ1) is 64.5. The fourth-order valence-electron chi connectivity index (χ4n) is 9.65. The average molecular weight is 1290 g/mol. The molecule has 28 heteroatoms. The maximum absolute atomic E-state index is 13.5. The van der Waals surface area contributed by atoms with Crippen molar-refractivity contribution in [3.63, 3.8) is 0 Å². The number of halogens is 18. The summed E-state index contributed by atoms with van der Waals surface area (Å²) in [6.07, 6.45) is -35.2. The van der Waals surface area contributed by atoms with Crippen LogP contribution in [-0.4, -0.2) is 93.4 Å². The van der Waals surface area contributed by atoms with Gasteiger partial charge < -0.3 is 0 Å². The molecule has 0 atom stereocenters. The van der Waals surface area contributed by atoms with Crippen LogP contribution in [0.4, 0.5) is 79.0 Å². The summed E-state index contributed by atoms with van der Waals surface area (Å²) < 4.78 is 235. The van der Waals surface area contributed by atoms with E-state index in [1.165, 1.54) is 0 Å². The van der Waals surface area contributed by atoms with Crippen LogP contribution in [0.15, 0.2) is 24.3 Å². The van der Waals surface area contributed by atoms with Crippen molar-refractivity contribution in [2.75, 3.05) is 0 Å². The Hall–Kier alpha value is 0.512. The Morgan fingerprint density at radius 3 is 0.500 bits per heavy atom. The van der Waals surface area contributed by atoms with E-state index < -0.39 is 181 Å². The van der Waals surface area contributed by atoms with Crippen molar-refractivity contribution in [2.24, 2.45) is 0 Å². The van der Waals surface area contributed by atoms with E-state index in [1.54, 1.807) is 0 Å². The van der Waals surface area contributed by atoms with Crippen LogP contribution in [0.5, 0.6) is 0 Å². The predicted octanol–water partition coefficient (Wildman–Crippen LogP) is 14.5. The Bertz CT molecular complexity index is 1640. The molecule has 0 aliphatic carbocycles. The minimum atomic E-state index is -5.93. The van der Waals surface area contributed by atoms with Crippen molar-refractivity contribution in [3.8, 4) is 0 Å². The fraction of sp³-hybridized carbons (Fsp3) is 0.667. The van der Waals surface area contributed by atoms with Crippen LogP contribution < -0.4 is 7.16 Å². The summed E-state index contributed by atoms with van der Waals surface area (Å²) in [7, 11) is -4.94. The molecule has 368 valence electrons. The van der Waals surface area contributed by atoms with E-state index in [0.717, 1.165) is 0 Å². The molecule has 0 aliphatic rings. The SMILES string of the molecule is C[Si](C)(C)[Si]([Si](C)(C)C)[Si](C)(C)C.C[Si](C)(C)[Si]([Si](C)(C)C)[Si](C)(C)C.FC(F)(F)c1cc(C(F)(F)F)[c]([Sn]=[Sn][c]2c(C(F)(F)F)cc(C(F)(F)F)cc2C(F)(F)F)c(C(F)(F)F)c1. The second-order valence-corrected chi connectivity index (χ2v) is 109. The topological polar surface area (TPSA) is 0 Å². The quantitative estimate of drug-likeness (QED) is 0.183. The molecular weight excluding hydrogens is 1240 g/mol. The first-order valence-electron chi connectivity index (χ1n) is 19.5. The van der Waals surface area contributed by atoms with Gasteiger partial charge in [-0.1, -0.05) is 118 Å². The molecule has 0 bridgehead atoms. The first-order chi connectivity index (χ1) is 27.4. The summed E-state index contributed by atoms with van der Waals surface area (Å²) in [5.74, 6) is 0. The van der Waals surface area contributed by atoms with Crippen molar-refractivity contribution >= 4 is 101 Å². The molecule has 4 radical (unpaired) electrons. The van der Waals surface area contributed by atoms with E-state index in [2.05, 4.69) is 118 Å². The van der Waals surface area contributed by atoms with E-state index >= 15 is 0 Å². The van der Waals surface area contributed by atoms with Gasteiger partial charge in [-0.15, -0.1) is 0 Å². The summed E-state index contributed by atoms with van der Waals surface area (Å²) in [6, 6.07) is -2.97. The molecule has 0 heterocycles. The molecule has 0 amide bonds. The van der Waals surface area contributed by atoms with Crippen molar-refractivity contribution < 1.29 is 79.0 Å². The number of hydrogen-bond donors (Lipinski definition) is 0. The standard InChI is InChI=1S/2C9H2F9.2C9H27Si4.2Sn/c2*10-7(11,12)4-1-5(8(13,14)15)3-6(2-4)9(16,17)18;2*1-11(2,3)10(12(4,5)6)13(7,8)9;;/h2*1-2H;2*1-9H3;;. The van der Waals surface area contributed by atoms with Crippen molar-refractivity contribution in [2.45, 2.75) is 155 Å². The van der Waals surface area contributed by atoms with Gasteiger partial charge >= 0.3 is 214 Å². The maximum atomic E-state index is 13.5. The summed E-state index contributed by atoms with van der Waals surface area (Å²) in [5.41, 5.74) is -15.0. The average Bonchev–Trinajstić information content (AvgIpc) is 2.92. The van der Waals surface area contributed by atoms with Gasteiger partial charge in [0.2, 0.25) is 0 Å². The van der Waals surface area contributed by atoms with Gasteiger partial charge in [0.15, 0.2) is 0 Å². The van der Waals surface area contributed by atoms with Crippen LogP contribution in [0.2, 0.25) is 118 Å². The predicted molar refractivity (Wildman–Crippen MR) is 245 cm³/mol. The number of alkyl halides is 18. The van der Waals surface area contributed by atoms with Gasteiger partial charge in [-0.3, -0.25) is 0 Å². The van der Waals surface area contributed by atoms with E-state index in [0.29, 0.717) is 0 Å². The zero-order valence-corrected chi connectivity index (χ0v) is 52.8.